The first-order valence-corrected chi connectivity index (χ1v) is 7.17. The van der Waals surface area contributed by atoms with Crippen molar-refractivity contribution in [3.05, 3.63) is 65.8 Å². The fourth-order valence-electron chi connectivity index (χ4n) is 2.40. The zero-order chi connectivity index (χ0) is 15.4. The van der Waals surface area contributed by atoms with Gasteiger partial charge in [-0.3, -0.25) is 4.90 Å². The molecule has 114 valence electrons. The molecule has 22 heavy (non-hydrogen) atoms. The molecule has 2 aromatic carbocycles. The van der Waals surface area contributed by atoms with Crippen LogP contribution in [0.3, 0.4) is 0 Å². The van der Waals surface area contributed by atoms with Gasteiger partial charge in [-0.05, 0) is 17.7 Å². The first-order chi connectivity index (χ1) is 10.7. The summed E-state index contributed by atoms with van der Waals surface area (Å²) in [4.78, 5) is 6.35. The predicted molar refractivity (Wildman–Crippen MR) is 81.6 cm³/mol. The van der Waals surface area contributed by atoms with Gasteiger partial charge < -0.3 is 9.52 Å². The third kappa shape index (κ3) is 3.50. The first-order valence-electron chi connectivity index (χ1n) is 7.17. The number of hydrogen-bond donors (Lipinski definition) is 1. The Morgan fingerprint density at radius 2 is 1.91 bits per heavy atom. The Labute approximate surface area is 127 Å². The Hall–Kier alpha value is -2.24. The van der Waals surface area contributed by atoms with Gasteiger partial charge in [0.25, 0.3) is 0 Å². The van der Waals surface area contributed by atoms with Crippen molar-refractivity contribution >= 4 is 11.1 Å². The van der Waals surface area contributed by atoms with Crippen molar-refractivity contribution in [1.29, 1.82) is 0 Å². The van der Waals surface area contributed by atoms with Crippen LogP contribution in [0.4, 0.5) is 4.39 Å². The van der Waals surface area contributed by atoms with Crippen LogP contribution in [0.1, 0.15) is 11.5 Å². The summed E-state index contributed by atoms with van der Waals surface area (Å²) in [5, 5.41) is 9.23. The second-order valence-corrected chi connectivity index (χ2v) is 5.14. The highest BCUT2D eigenvalue weighted by atomic mass is 19.1. The van der Waals surface area contributed by atoms with Gasteiger partial charge in [0.2, 0.25) is 5.89 Å². The van der Waals surface area contributed by atoms with Crippen LogP contribution in [0.25, 0.3) is 11.1 Å². The Morgan fingerprint density at radius 3 is 2.68 bits per heavy atom. The van der Waals surface area contributed by atoms with Gasteiger partial charge in [0.1, 0.15) is 11.3 Å². The number of rotatable bonds is 6. The van der Waals surface area contributed by atoms with Gasteiger partial charge in [0, 0.05) is 19.2 Å². The van der Waals surface area contributed by atoms with Gasteiger partial charge in [-0.25, -0.2) is 9.37 Å². The van der Waals surface area contributed by atoms with Crippen LogP contribution in [0, 0.1) is 5.82 Å². The Morgan fingerprint density at radius 1 is 1.09 bits per heavy atom. The second-order valence-electron chi connectivity index (χ2n) is 5.14. The fourth-order valence-corrected chi connectivity index (χ4v) is 2.40. The molecule has 0 saturated heterocycles. The number of aromatic nitrogens is 1. The lowest BCUT2D eigenvalue weighted by Gasteiger charge is -2.19. The van der Waals surface area contributed by atoms with E-state index in [0.29, 0.717) is 36.6 Å². The quantitative estimate of drug-likeness (QED) is 0.760. The molecule has 0 fully saturated rings. The number of fused-ring (bicyclic) bond motifs is 1. The number of aliphatic hydroxyl groups is 1. The molecule has 5 heteroatoms. The largest absolute Gasteiger partial charge is 0.439 e. The molecule has 3 rings (SSSR count). The van der Waals surface area contributed by atoms with Crippen LogP contribution in [0.2, 0.25) is 0 Å². The Kier molecular flexibility index (Phi) is 4.46. The minimum Gasteiger partial charge on any atom is -0.439 e. The van der Waals surface area contributed by atoms with E-state index in [1.807, 2.05) is 35.2 Å². The van der Waals surface area contributed by atoms with Crippen LogP contribution < -0.4 is 0 Å². The van der Waals surface area contributed by atoms with Crippen molar-refractivity contribution in [3.63, 3.8) is 0 Å². The number of aliphatic hydroxyl groups excluding tert-OH is 1. The summed E-state index contributed by atoms with van der Waals surface area (Å²) in [5.74, 6) is 0.189. The third-order valence-electron chi connectivity index (χ3n) is 3.42. The maximum absolute atomic E-state index is 13.2. The third-order valence-corrected chi connectivity index (χ3v) is 3.42. The Balaban J connectivity index is 1.76. The highest BCUT2D eigenvalue weighted by molar-refractivity contribution is 5.72. The van der Waals surface area contributed by atoms with Crippen LogP contribution >= 0.6 is 0 Å². The van der Waals surface area contributed by atoms with Crippen LogP contribution in [0.15, 0.2) is 52.9 Å². The average Bonchev–Trinajstić information content (AvgIpc) is 2.90. The first kappa shape index (κ1) is 14.7. The summed E-state index contributed by atoms with van der Waals surface area (Å²) in [6, 6.07) is 14.3. The molecule has 0 spiro atoms. The molecule has 0 aliphatic heterocycles. The minimum absolute atomic E-state index is 0.0572. The van der Waals surface area contributed by atoms with Crippen molar-refractivity contribution in [2.24, 2.45) is 0 Å². The smallest absolute Gasteiger partial charge is 0.209 e. The highest BCUT2D eigenvalue weighted by Gasteiger charge is 2.12. The molecular weight excluding hydrogens is 283 g/mol. The van der Waals surface area contributed by atoms with E-state index in [-0.39, 0.29) is 12.4 Å². The van der Waals surface area contributed by atoms with E-state index >= 15 is 0 Å². The summed E-state index contributed by atoms with van der Waals surface area (Å²) in [6.45, 7) is 1.73. The molecule has 0 saturated carbocycles. The summed E-state index contributed by atoms with van der Waals surface area (Å²) in [6.07, 6.45) is 0. The van der Waals surface area contributed by atoms with Crippen molar-refractivity contribution in [3.8, 4) is 0 Å². The molecule has 1 N–H and O–H groups in total. The number of halogens is 1. The van der Waals surface area contributed by atoms with Gasteiger partial charge in [0.05, 0.1) is 13.2 Å². The zero-order valence-electron chi connectivity index (χ0n) is 12.1. The van der Waals surface area contributed by atoms with E-state index in [0.717, 1.165) is 5.56 Å². The molecule has 3 aromatic rings. The predicted octanol–water partition coefficient (Wildman–Crippen LogP) is 2.96. The Bertz CT molecular complexity index is 743. The van der Waals surface area contributed by atoms with E-state index < -0.39 is 0 Å². The van der Waals surface area contributed by atoms with Crippen molar-refractivity contribution in [1.82, 2.24) is 9.88 Å². The molecule has 0 amide bonds. The van der Waals surface area contributed by atoms with Crippen LogP contribution in [-0.2, 0) is 13.1 Å². The normalized spacial score (nSPS) is 11.4. The molecule has 1 aromatic heterocycles. The highest BCUT2D eigenvalue weighted by Crippen LogP contribution is 2.18. The number of hydrogen-bond acceptors (Lipinski definition) is 4. The number of benzene rings is 2. The zero-order valence-corrected chi connectivity index (χ0v) is 12.1. The lowest BCUT2D eigenvalue weighted by Crippen LogP contribution is -2.26. The number of oxazole rings is 1. The van der Waals surface area contributed by atoms with Crippen molar-refractivity contribution in [2.75, 3.05) is 13.2 Å². The average molecular weight is 300 g/mol. The van der Waals surface area contributed by atoms with Gasteiger partial charge in [-0.15, -0.1) is 0 Å². The van der Waals surface area contributed by atoms with E-state index in [4.69, 9.17) is 4.42 Å². The lowest BCUT2D eigenvalue weighted by molar-refractivity contribution is 0.173. The maximum Gasteiger partial charge on any atom is 0.209 e. The molecule has 1 heterocycles. The van der Waals surface area contributed by atoms with Crippen molar-refractivity contribution < 1.29 is 13.9 Å². The van der Waals surface area contributed by atoms with Gasteiger partial charge >= 0.3 is 0 Å². The number of nitrogens with zero attached hydrogens (tertiary/aromatic N) is 2. The molecule has 0 aliphatic rings. The maximum atomic E-state index is 13.2. The van der Waals surface area contributed by atoms with Crippen LogP contribution in [0.5, 0.6) is 0 Å². The molecule has 0 radical (unpaired) electrons. The van der Waals surface area contributed by atoms with Crippen molar-refractivity contribution in [2.45, 2.75) is 13.1 Å². The van der Waals surface area contributed by atoms with Gasteiger partial charge in [-0.1, -0.05) is 30.3 Å². The van der Waals surface area contributed by atoms with E-state index in [1.54, 1.807) is 6.07 Å². The van der Waals surface area contributed by atoms with E-state index in [2.05, 4.69) is 4.98 Å². The van der Waals surface area contributed by atoms with Gasteiger partial charge in [0.15, 0.2) is 5.58 Å². The molecule has 4 nitrogen and oxygen atoms in total. The molecular formula is C17H17FN2O2. The topological polar surface area (TPSA) is 49.5 Å². The molecule has 0 atom stereocenters. The molecule has 0 unspecified atom stereocenters. The second kappa shape index (κ2) is 6.68. The summed E-state index contributed by atoms with van der Waals surface area (Å²) >= 11 is 0. The summed E-state index contributed by atoms with van der Waals surface area (Å²) in [5.41, 5.74) is 2.23. The van der Waals surface area contributed by atoms with Gasteiger partial charge in [-0.2, -0.15) is 0 Å². The fraction of sp³-hybridized carbons (Fsp3) is 0.235. The SMILES string of the molecule is OCCN(Cc1ccccc1)Cc1nc2cc(F)ccc2o1. The van der Waals surface area contributed by atoms with Crippen LogP contribution in [-0.4, -0.2) is 28.1 Å². The standard InChI is InChI=1S/C17H17FN2O2/c18-14-6-7-16-15(10-14)19-17(22-16)12-20(8-9-21)11-13-4-2-1-3-5-13/h1-7,10,21H,8-9,11-12H2. The van der Waals surface area contributed by atoms with E-state index in [9.17, 15) is 9.50 Å². The molecule has 0 aliphatic carbocycles. The molecule has 0 bridgehead atoms. The minimum atomic E-state index is -0.330. The summed E-state index contributed by atoms with van der Waals surface area (Å²) < 4.78 is 18.8. The monoisotopic (exact) mass is 300 g/mol. The van der Waals surface area contributed by atoms with E-state index in [1.165, 1.54) is 12.1 Å². The summed E-state index contributed by atoms with van der Waals surface area (Å²) in [7, 11) is 0. The lowest BCUT2D eigenvalue weighted by atomic mass is 10.2.